The molecule has 0 aliphatic carbocycles. The summed E-state index contributed by atoms with van der Waals surface area (Å²) >= 11 is 1.83. The quantitative estimate of drug-likeness (QED) is 0.894. The van der Waals surface area contributed by atoms with Gasteiger partial charge in [-0.2, -0.15) is 0 Å². The second kappa shape index (κ2) is 5.94. The van der Waals surface area contributed by atoms with Crippen LogP contribution in [0.1, 0.15) is 42.6 Å². The van der Waals surface area contributed by atoms with Crippen LogP contribution in [0.2, 0.25) is 0 Å². The van der Waals surface area contributed by atoms with Crippen LogP contribution in [0.3, 0.4) is 0 Å². The number of likely N-dealkylation sites (tertiary alicyclic amines) is 1. The van der Waals surface area contributed by atoms with Crippen molar-refractivity contribution < 1.29 is 0 Å². The maximum Gasteiger partial charge on any atom is 0.110 e. The first-order valence-corrected chi connectivity index (χ1v) is 7.42. The lowest BCUT2D eigenvalue weighted by atomic mass is 10.0. The number of piperidine rings is 1. The predicted octanol–water partition coefficient (Wildman–Crippen LogP) is 2.59. The molecule has 96 valence electrons. The zero-order valence-corrected chi connectivity index (χ0v) is 11.9. The van der Waals surface area contributed by atoms with Crippen molar-refractivity contribution in [2.75, 3.05) is 19.6 Å². The highest BCUT2D eigenvalue weighted by atomic mass is 32.1. The number of likely N-dealkylation sites (N-methyl/N-ethyl adjacent to an activating group) is 1. The summed E-state index contributed by atoms with van der Waals surface area (Å²) in [4.78, 5) is 8.40. The molecule has 0 saturated carbocycles. The fourth-order valence-electron chi connectivity index (χ4n) is 2.53. The van der Waals surface area contributed by atoms with Crippen LogP contribution in [0.5, 0.6) is 0 Å². The van der Waals surface area contributed by atoms with Crippen molar-refractivity contribution in [1.29, 1.82) is 0 Å². The summed E-state index contributed by atoms with van der Waals surface area (Å²) in [7, 11) is 0. The molecule has 1 fully saturated rings. The van der Waals surface area contributed by atoms with Gasteiger partial charge in [-0.25, -0.2) is 4.98 Å². The van der Waals surface area contributed by atoms with Crippen LogP contribution < -0.4 is 5.32 Å². The van der Waals surface area contributed by atoms with Gasteiger partial charge in [0.05, 0.1) is 6.04 Å². The van der Waals surface area contributed by atoms with Gasteiger partial charge in [0, 0.05) is 23.7 Å². The molecule has 3 nitrogen and oxygen atoms in total. The summed E-state index contributed by atoms with van der Waals surface area (Å²) in [5.41, 5.74) is 0. The van der Waals surface area contributed by atoms with E-state index < -0.39 is 0 Å². The third-order valence-corrected chi connectivity index (χ3v) is 4.57. The SMILES string of the molecule is CCNC1CCCN(C(C)c2ncc(C)s2)C1. The lowest BCUT2D eigenvalue weighted by molar-refractivity contribution is 0.146. The standard InChI is InChI=1S/C13H23N3S/c1-4-14-12-6-5-7-16(9-12)11(3)13-15-8-10(2)17-13/h8,11-12,14H,4-7,9H2,1-3H3. The second-order valence-corrected chi connectivity index (χ2v) is 6.14. The van der Waals surface area contributed by atoms with Crippen LogP contribution in [-0.4, -0.2) is 35.6 Å². The zero-order valence-electron chi connectivity index (χ0n) is 11.1. The van der Waals surface area contributed by atoms with Crippen molar-refractivity contribution in [3.8, 4) is 0 Å². The van der Waals surface area contributed by atoms with Gasteiger partial charge in [0.15, 0.2) is 0 Å². The van der Waals surface area contributed by atoms with Crippen LogP contribution >= 0.6 is 11.3 Å². The molecule has 0 spiro atoms. The summed E-state index contributed by atoms with van der Waals surface area (Å²) in [6.07, 6.45) is 4.60. The molecule has 0 amide bonds. The van der Waals surface area contributed by atoms with Gasteiger partial charge in [-0.3, -0.25) is 4.90 Å². The molecule has 0 aromatic carbocycles. The molecular weight excluding hydrogens is 230 g/mol. The van der Waals surface area contributed by atoms with Gasteiger partial charge in [-0.05, 0) is 39.8 Å². The molecule has 1 saturated heterocycles. The lowest BCUT2D eigenvalue weighted by Gasteiger charge is -2.36. The Kier molecular flexibility index (Phi) is 4.54. The third-order valence-electron chi connectivity index (χ3n) is 3.49. The molecule has 0 radical (unpaired) electrons. The molecular formula is C13H23N3S. The Morgan fingerprint density at radius 2 is 2.47 bits per heavy atom. The summed E-state index contributed by atoms with van der Waals surface area (Å²) in [5.74, 6) is 0. The molecule has 1 aromatic heterocycles. The van der Waals surface area contributed by atoms with Crippen LogP contribution in [0.25, 0.3) is 0 Å². The van der Waals surface area contributed by atoms with E-state index in [1.54, 1.807) is 0 Å². The summed E-state index contributed by atoms with van der Waals surface area (Å²) < 4.78 is 0. The van der Waals surface area contributed by atoms with Crippen molar-refractivity contribution in [1.82, 2.24) is 15.2 Å². The van der Waals surface area contributed by atoms with Gasteiger partial charge >= 0.3 is 0 Å². The predicted molar refractivity (Wildman–Crippen MR) is 73.5 cm³/mol. The minimum Gasteiger partial charge on any atom is -0.313 e. The van der Waals surface area contributed by atoms with Crippen molar-refractivity contribution in [2.45, 2.75) is 45.7 Å². The van der Waals surface area contributed by atoms with Crippen molar-refractivity contribution in [3.05, 3.63) is 16.1 Å². The van der Waals surface area contributed by atoms with Crippen molar-refractivity contribution in [2.24, 2.45) is 0 Å². The first-order valence-electron chi connectivity index (χ1n) is 6.60. The Bertz CT molecular complexity index is 348. The minimum absolute atomic E-state index is 0.468. The van der Waals surface area contributed by atoms with E-state index in [9.17, 15) is 0 Å². The minimum atomic E-state index is 0.468. The Labute approximate surface area is 108 Å². The van der Waals surface area contributed by atoms with Gasteiger partial charge in [-0.1, -0.05) is 6.92 Å². The van der Waals surface area contributed by atoms with Crippen molar-refractivity contribution in [3.63, 3.8) is 0 Å². The normalized spacial score (nSPS) is 23.8. The first-order chi connectivity index (χ1) is 8.20. The number of nitrogens with zero attached hydrogens (tertiary/aromatic N) is 2. The molecule has 2 unspecified atom stereocenters. The Balaban J connectivity index is 1.97. The molecule has 17 heavy (non-hydrogen) atoms. The van der Waals surface area contributed by atoms with E-state index in [4.69, 9.17) is 0 Å². The Morgan fingerprint density at radius 1 is 1.65 bits per heavy atom. The van der Waals surface area contributed by atoms with Crippen LogP contribution in [0.15, 0.2) is 6.20 Å². The van der Waals surface area contributed by atoms with E-state index in [1.807, 2.05) is 17.5 Å². The highest BCUT2D eigenvalue weighted by Crippen LogP contribution is 2.27. The molecule has 0 bridgehead atoms. The topological polar surface area (TPSA) is 28.2 Å². The van der Waals surface area contributed by atoms with E-state index in [1.165, 1.54) is 29.3 Å². The van der Waals surface area contributed by atoms with Crippen LogP contribution in [0.4, 0.5) is 0 Å². The molecule has 2 rings (SSSR count). The summed E-state index contributed by atoms with van der Waals surface area (Å²) in [6.45, 7) is 10.0. The Hall–Kier alpha value is -0.450. The lowest BCUT2D eigenvalue weighted by Crippen LogP contribution is -2.46. The van der Waals surface area contributed by atoms with Crippen molar-refractivity contribution >= 4 is 11.3 Å². The van der Waals surface area contributed by atoms with Gasteiger partial charge in [-0.15, -0.1) is 11.3 Å². The maximum absolute atomic E-state index is 4.52. The van der Waals surface area contributed by atoms with Gasteiger partial charge in [0.25, 0.3) is 0 Å². The maximum atomic E-state index is 4.52. The number of aryl methyl sites for hydroxylation is 1. The van der Waals surface area contributed by atoms with E-state index in [0.29, 0.717) is 12.1 Å². The number of hydrogen-bond donors (Lipinski definition) is 1. The third kappa shape index (κ3) is 3.27. The number of thiazole rings is 1. The van der Waals surface area contributed by atoms with E-state index in [0.717, 1.165) is 13.1 Å². The molecule has 1 aromatic rings. The second-order valence-electron chi connectivity index (χ2n) is 4.88. The van der Waals surface area contributed by atoms with E-state index in [-0.39, 0.29) is 0 Å². The molecule has 1 N–H and O–H groups in total. The average molecular weight is 253 g/mol. The molecule has 2 heterocycles. The molecule has 1 aliphatic heterocycles. The molecule has 1 aliphatic rings. The van der Waals surface area contributed by atoms with Gasteiger partial charge in [0.2, 0.25) is 0 Å². The monoisotopic (exact) mass is 253 g/mol. The smallest absolute Gasteiger partial charge is 0.110 e. The fourth-order valence-corrected chi connectivity index (χ4v) is 3.40. The summed E-state index contributed by atoms with van der Waals surface area (Å²) in [6, 6.07) is 1.13. The van der Waals surface area contributed by atoms with Crippen LogP contribution in [0, 0.1) is 6.92 Å². The number of rotatable bonds is 4. The number of nitrogens with one attached hydrogen (secondary N) is 1. The van der Waals surface area contributed by atoms with E-state index >= 15 is 0 Å². The fraction of sp³-hybridized carbons (Fsp3) is 0.769. The number of hydrogen-bond acceptors (Lipinski definition) is 4. The Morgan fingerprint density at radius 3 is 3.12 bits per heavy atom. The highest BCUT2D eigenvalue weighted by Gasteiger charge is 2.25. The van der Waals surface area contributed by atoms with E-state index in [2.05, 4.69) is 36.0 Å². The average Bonchev–Trinajstić information content (AvgIpc) is 2.76. The highest BCUT2D eigenvalue weighted by molar-refractivity contribution is 7.11. The number of aromatic nitrogens is 1. The molecule has 2 atom stereocenters. The largest absolute Gasteiger partial charge is 0.313 e. The molecule has 4 heteroatoms. The van der Waals surface area contributed by atoms with Crippen LogP contribution in [-0.2, 0) is 0 Å². The summed E-state index contributed by atoms with van der Waals surface area (Å²) in [5, 5.41) is 4.83. The van der Waals surface area contributed by atoms with Gasteiger partial charge in [0.1, 0.15) is 5.01 Å². The van der Waals surface area contributed by atoms with Gasteiger partial charge < -0.3 is 5.32 Å². The zero-order chi connectivity index (χ0) is 12.3. The first kappa shape index (κ1) is 13.0.